The lowest BCUT2D eigenvalue weighted by atomic mass is 10.0. The first-order valence-corrected chi connectivity index (χ1v) is 6.42. The lowest BCUT2D eigenvalue weighted by Gasteiger charge is -2.15. The van der Waals surface area contributed by atoms with Crippen molar-refractivity contribution in [3.63, 3.8) is 0 Å². The molecule has 0 bridgehead atoms. The summed E-state index contributed by atoms with van der Waals surface area (Å²) in [4.78, 5) is 8.28. The Balaban J connectivity index is 2.28. The fraction of sp³-hybridized carbons (Fsp3) is 0.231. The van der Waals surface area contributed by atoms with Gasteiger partial charge in [-0.2, -0.15) is 0 Å². The Morgan fingerprint density at radius 1 is 1.21 bits per heavy atom. The predicted octanol–water partition coefficient (Wildman–Crippen LogP) is 3.03. The van der Waals surface area contributed by atoms with Crippen molar-refractivity contribution >= 4 is 23.2 Å². The molecule has 1 aromatic heterocycles. The third-order valence-corrected chi connectivity index (χ3v) is 3.43. The molecule has 0 saturated heterocycles. The van der Waals surface area contributed by atoms with Crippen molar-refractivity contribution in [2.45, 2.75) is 12.5 Å². The summed E-state index contributed by atoms with van der Waals surface area (Å²) in [5.41, 5.74) is 7.52. The molecule has 0 saturated carbocycles. The van der Waals surface area contributed by atoms with Gasteiger partial charge in [0, 0.05) is 22.4 Å². The molecule has 0 aliphatic heterocycles. The van der Waals surface area contributed by atoms with E-state index in [1.54, 1.807) is 30.6 Å². The van der Waals surface area contributed by atoms with E-state index in [1.807, 2.05) is 0 Å². The number of rotatable bonds is 4. The first-order chi connectivity index (χ1) is 9.13. The number of hydrogen-bond donors (Lipinski definition) is 1. The molecule has 2 N–H and O–H groups in total. The lowest BCUT2D eigenvalue weighted by molar-refractivity contribution is 0.384. The topological polar surface area (TPSA) is 61.0 Å². The summed E-state index contributed by atoms with van der Waals surface area (Å²) in [7, 11) is 1.53. The molecule has 0 spiro atoms. The first kappa shape index (κ1) is 14.1. The number of benzene rings is 1. The second-order valence-corrected chi connectivity index (χ2v) is 4.78. The van der Waals surface area contributed by atoms with Crippen LogP contribution < -0.4 is 10.5 Å². The highest BCUT2D eigenvalue weighted by molar-refractivity contribution is 6.36. The maximum Gasteiger partial charge on any atom is 0.236 e. The molecular weight excluding hydrogens is 285 g/mol. The zero-order valence-corrected chi connectivity index (χ0v) is 11.8. The van der Waals surface area contributed by atoms with Crippen LogP contribution in [0, 0.1) is 0 Å². The summed E-state index contributed by atoms with van der Waals surface area (Å²) in [5.74, 6) is 0.415. The summed E-state index contributed by atoms with van der Waals surface area (Å²) in [6, 6.07) is 4.97. The van der Waals surface area contributed by atoms with Gasteiger partial charge in [0.15, 0.2) is 0 Å². The highest BCUT2D eigenvalue weighted by Gasteiger charge is 2.17. The number of methoxy groups -OCH3 is 1. The SMILES string of the molecule is COc1nccnc1C(N)Cc1c(Cl)cccc1Cl. The van der Waals surface area contributed by atoms with Gasteiger partial charge < -0.3 is 10.5 Å². The zero-order valence-electron chi connectivity index (χ0n) is 10.3. The number of aromatic nitrogens is 2. The second-order valence-electron chi connectivity index (χ2n) is 3.96. The largest absolute Gasteiger partial charge is 0.480 e. The summed E-state index contributed by atoms with van der Waals surface area (Å²) >= 11 is 12.3. The summed E-state index contributed by atoms with van der Waals surface area (Å²) in [6.45, 7) is 0. The molecular formula is C13H13Cl2N3O. The standard InChI is InChI=1S/C13H13Cl2N3O/c1-19-13-12(17-5-6-18-13)11(16)7-8-9(14)3-2-4-10(8)15/h2-6,11H,7,16H2,1H3. The van der Waals surface area contributed by atoms with Crippen LogP contribution in [0.4, 0.5) is 0 Å². The van der Waals surface area contributed by atoms with E-state index < -0.39 is 0 Å². The van der Waals surface area contributed by atoms with Crippen molar-refractivity contribution in [1.29, 1.82) is 0 Å². The van der Waals surface area contributed by atoms with E-state index in [9.17, 15) is 0 Å². The number of nitrogens with two attached hydrogens (primary N) is 1. The lowest BCUT2D eigenvalue weighted by Crippen LogP contribution is -2.17. The van der Waals surface area contributed by atoms with Gasteiger partial charge in [-0.1, -0.05) is 29.3 Å². The molecule has 0 aliphatic carbocycles. The molecule has 0 radical (unpaired) electrons. The van der Waals surface area contributed by atoms with Crippen LogP contribution in [-0.2, 0) is 6.42 Å². The highest BCUT2D eigenvalue weighted by atomic mass is 35.5. The van der Waals surface area contributed by atoms with Crippen LogP contribution in [0.5, 0.6) is 5.88 Å². The van der Waals surface area contributed by atoms with E-state index in [4.69, 9.17) is 33.7 Å². The van der Waals surface area contributed by atoms with Crippen molar-refractivity contribution in [2.24, 2.45) is 5.73 Å². The fourth-order valence-electron chi connectivity index (χ4n) is 1.79. The summed E-state index contributed by atoms with van der Waals surface area (Å²) in [6.07, 6.45) is 3.59. The molecule has 6 heteroatoms. The van der Waals surface area contributed by atoms with Crippen LogP contribution in [0.2, 0.25) is 10.0 Å². The van der Waals surface area contributed by atoms with Gasteiger partial charge in [-0.05, 0) is 24.1 Å². The zero-order chi connectivity index (χ0) is 13.8. The molecule has 0 amide bonds. The van der Waals surface area contributed by atoms with Gasteiger partial charge >= 0.3 is 0 Å². The van der Waals surface area contributed by atoms with Gasteiger partial charge in [0.1, 0.15) is 5.69 Å². The van der Waals surface area contributed by atoms with E-state index in [-0.39, 0.29) is 6.04 Å². The minimum Gasteiger partial charge on any atom is -0.480 e. The average Bonchev–Trinajstić information content (AvgIpc) is 2.42. The summed E-state index contributed by atoms with van der Waals surface area (Å²) < 4.78 is 5.15. The van der Waals surface area contributed by atoms with Crippen LogP contribution in [0.25, 0.3) is 0 Å². The van der Waals surface area contributed by atoms with Gasteiger partial charge in [-0.3, -0.25) is 4.98 Å². The highest BCUT2D eigenvalue weighted by Crippen LogP contribution is 2.29. The monoisotopic (exact) mass is 297 g/mol. The van der Waals surface area contributed by atoms with E-state index >= 15 is 0 Å². The molecule has 2 rings (SSSR count). The third kappa shape index (κ3) is 3.15. The van der Waals surface area contributed by atoms with Gasteiger partial charge in [0.05, 0.1) is 13.2 Å². The van der Waals surface area contributed by atoms with Crippen molar-refractivity contribution in [3.05, 3.63) is 51.9 Å². The maximum absolute atomic E-state index is 6.14. The minimum atomic E-state index is -0.388. The molecule has 1 heterocycles. The number of ether oxygens (including phenoxy) is 1. The molecule has 100 valence electrons. The minimum absolute atomic E-state index is 0.388. The van der Waals surface area contributed by atoms with Crippen molar-refractivity contribution in [3.8, 4) is 5.88 Å². The van der Waals surface area contributed by atoms with E-state index in [0.717, 1.165) is 5.56 Å². The maximum atomic E-state index is 6.14. The number of nitrogens with zero attached hydrogens (tertiary/aromatic N) is 2. The van der Waals surface area contributed by atoms with Crippen LogP contribution >= 0.6 is 23.2 Å². The second kappa shape index (κ2) is 6.19. The van der Waals surface area contributed by atoms with Crippen molar-refractivity contribution < 1.29 is 4.74 Å². The van der Waals surface area contributed by atoms with Crippen molar-refractivity contribution in [1.82, 2.24) is 9.97 Å². The van der Waals surface area contributed by atoms with E-state index in [0.29, 0.717) is 28.0 Å². The molecule has 0 aliphatic rings. The quantitative estimate of drug-likeness (QED) is 0.942. The Morgan fingerprint density at radius 2 is 1.84 bits per heavy atom. The van der Waals surface area contributed by atoms with Crippen LogP contribution in [0.3, 0.4) is 0 Å². The van der Waals surface area contributed by atoms with Gasteiger partial charge in [-0.15, -0.1) is 0 Å². The molecule has 4 nitrogen and oxygen atoms in total. The smallest absolute Gasteiger partial charge is 0.236 e. The number of hydrogen-bond acceptors (Lipinski definition) is 4. The molecule has 0 fully saturated rings. The van der Waals surface area contributed by atoms with Crippen molar-refractivity contribution in [2.75, 3.05) is 7.11 Å². The molecule has 1 unspecified atom stereocenters. The Labute approximate surface area is 121 Å². The Hall–Kier alpha value is -1.36. The fourth-order valence-corrected chi connectivity index (χ4v) is 2.34. The molecule has 1 atom stereocenters. The average molecular weight is 298 g/mol. The Kier molecular flexibility index (Phi) is 4.58. The molecule has 2 aromatic rings. The predicted molar refractivity (Wildman–Crippen MR) is 75.7 cm³/mol. The molecule has 19 heavy (non-hydrogen) atoms. The Morgan fingerprint density at radius 3 is 2.47 bits per heavy atom. The van der Waals surface area contributed by atoms with E-state index in [2.05, 4.69) is 9.97 Å². The van der Waals surface area contributed by atoms with Crippen LogP contribution in [0.15, 0.2) is 30.6 Å². The number of halogens is 2. The van der Waals surface area contributed by atoms with Crippen LogP contribution in [-0.4, -0.2) is 17.1 Å². The Bertz CT molecular complexity index is 557. The molecule has 1 aromatic carbocycles. The van der Waals surface area contributed by atoms with Gasteiger partial charge in [0.2, 0.25) is 5.88 Å². The summed E-state index contributed by atoms with van der Waals surface area (Å²) in [5, 5.41) is 1.18. The van der Waals surface area contributed by atoms with E-state index in [1.165, 1.54) is 7.11 Å². The van der Waals surface area contributed by atoms with Gasteiger partial charge in [0.25, 0.3) is 0 Å². The van der Waals surface area contributed by atoms with Crippen LogP contribution in [0.1, 0.15) is 17.3 Å². The normalized spacial score (nSPS) is 12.2. The first-order valence-electron chi connectivity index (χ1n) is 5.67. The van der Waals surface area contributed by atoms with Gasteiger partial charge in [-0.25, -0.2) is 4.98 Å². The third-order valence-electron chi connectivity index (χ3n) is 2.72.